The summed E-state index contributed by atoms with van der Waals surface area (Å²) in [5.41, 5.74) is -1.70. The highest BCUT2D eigenvalue weighted by Gasteiger charge is 2.13. The van der Waals surface area contributed by atoms with E-state index >= 15 is 0 Å². The van der Waals surface area contributed by atoms with Gasteiger partial charge in [0, 0.05) is 0 Å². The molecule has 0 fully saturated rings. The van der Waals surface area contributed by atoms with Crippen molar-refractivity contribution in [2.24, 2.45) is 0 Å². The molecule has 0 aliphatic carbocycles. The summed E-state index contributed by atoms with van der Waals surface area (Å²) in [6, 6.07) is 5.83. The van der Waals surface area contributed by atoms with Gasteiger partial charge in [-0.2, -0.15) is 0 Å². The first-order chi connectivity index (χ1) is 7.11. The Kier molecular flexibility index (Phi) is 3.09. The average molecular weight is 244 g/mol. The van der Waals surface area contributed by atoms with Gasteiger partial charge in [0.2, 0.25) is 0 Å². The van der Waals surface area contributed by atoms with Crippen LogP contribution in [0.1, 0.15) is 0 Å². The van der Waals surface area contributed by atoms with Crippen LogP contribution in [0.4, 0.5) is 0 Å². The second-order valence-electron chi connectivity index (χ2n) is 2.83. The third-order valence-corrected chi connectivity index (χ3v) is 1.95. The molecule has 0 atom stereocenters. The summed E-state index contributed by atoms with van der Waals surface area (Å²) in [5.74, 6) is 0. The Bertz CT molecular complexity index is 660. The minimum Gasteiger partial charge on any atom is -0.269 e. The Hall–Kier alpha value is -2.15. The predicted molar refractivity (Wildman–Crippen MR) is 58.5 cm³/mol. The van der Waals surface area contributed by atoms with Crippen molar-refractivity contribution in [3.63, 3.8) is 0 Å². The summed E-state index contributed by atoms with van der Waals surface area (Å²) in [7, 11) is 0. The van der Waals surface area contributed by atoms with Crippen LogP contribution in [-0.4, -0.2) is 14.7 Å². The molecule has 2 rings (SSSR count). The van der Waals surface area contributed by atoms with Gasteiger partial charge in [0.05, 0.1) is 5.39 Å². The zero-order chi connectivity index (χ0) is 11.0. The standard InChI is InChI=1S/C8H5N3O4.ClH/c12-7-5-3-1-2-4-6(5)10(11(14)15)8(13)9-7;/h1-4H,(H,9,12,13);1H. The lowest BCUT2D eigenvalue weighted by Crippen LogP contribution is -2.34. The molecule has 84 valence electrons. The Morgan fingerprint density at radius 3 is 2.50 bits per heavy atom. The second kappa shape index (κ2) is 4.15. The highest BCUT2D eigenvalue weighted by atomic mass is 35.5. The van der Waals surface area contributed by atoms with Crippen LogP contribution in [0.25, 0.3) is 10.9 Å². The molecule has 2 aromatic rings. The molecule has 16 heavy (non-hydrogen) atoms. The molecule has 1 N–H and O–H groups in total. The molecule has 1 aromatic carbocycles. The number of hydrogen-bond acceptors (Lipinski definition) is 4. The van der Waals surface area contributed by atoms with Gasteiger partial charge in [-0.1, -0.05) is 12.1 Å². The van der Waals surface area contributed by atoms with Crippen LogP contribution in [0.15, 0.2) is 33.9 Å². The normalized spacial score (nSPS) is 9.75. The maximum atomic E-state index is 11.3. The molecule has 8 heteroatoms. The number of hydrogen-bond donors (Lipinski definition) is 1. The van der Waals surface area contributed by atoms with Crippen molar-refractivity contribution in [2.45, 2.75) is 0 Å². The fraction of sp³-hybridized carbons (Fsp3) is 0. The average Bonchev–Trinajstić information content (AvgIpc) is 2.17. The van der Waals surface area contributed by atoms with Gasteiger partial charge < -0.3 is 0 Å². The molecule has 0 aliphatic rings. The van der Waals surface area contributed by atoms with Gasteiger partial charge in [-0.15, -0.1) is 12.4 Å². The number of aromatic amines is 1. The summed E-state index contributed by atoms with van der Waals surface area (Å²) in [4.78, 5) is 34.9. The Labute approximate surface area is 93.9 Å². The second-order valence-corrected chi connectivity index (χ2v) is 2.83. The van der Waals surface area contributed by atoms with Crippen LogP contribution in [0.5, 0.6) is 0 Å². The van der Waals surface area contributed by atoms with Crippen LogP contribution in [0.2, 0.25) is 0 Å². The maximum Gasteiger partial charge on any atom is 0.388 e. The summed E-state index contributed by atoms with van der Waals surface area (Å²) in [5, 5.41) is 9.82. The van der Waals surface area contributed by atoms with E-state index in [-0.39, 0.29) is 23.3 Å². The number of rotatable bonds is 1. The van der Waals surface area contributed by atoms with Crippen LogP contribution < -0.4 is 11.2 Å². The van der Waals surface area contributed by atoms with Gasteiger partial charge in [-0.3, -0.25) is 9.78 Å². The van der Waals surface area contributed by atoms with Crippen LogP contribution in [0, 0.1) is 10.1 Å². The zero-order valence-corrected chi connectivity index (χ0v) is 8.56. The molecule has 1 heterocycles. The van der Waals surface area contributed by atoms with E-state index in [4.69, 9.17) is 0 Å². The topological polar surface area (TPSA) is 98.0 Å². The number of H-pyrrole nitrogens is 1. The minimum atomic E-state index is -1.05. The molecule has 0 saturated heterocycles. The molecule has 0 aliphatic heterocycles. The molecule has 0 unspecified atom stereocenters. The van der Waals surface area contributed by atoms with Crippen molar-refractivity contribution < 1.29 is 5.03 Å². The number of para-hydroxylation sites is 1. The largest absolute Gasteiger partial charge is 0.388 e. The van der Waals surface area contributed by atoms with Crippen molar-refractivity contribution in [3.05, 3.63) is 55.2 Å². The van der Waals surface area contributed by atoms with E-state index < -0.39 is 16.3 Å². The van der Waals surface area contributed by atoms with E-state index in [1.54, 1.807) is 6.07 Å². The first-order valence-electron chi connectivity index (χ1n) is 4.00. The smallest absolute Gasteiger partial charge is 0.269 e. The van der Waals surface area contributed by atoms with Gasteiger partial charge >= 0.3 is 5.69 Å². The first kappa shape index (κ1) is 11.9. The number of nitrogens with zero attached hydrogens (tertiary/aromatic N) is 2. The molecule has 0 bridgehead atoms. The van der Waals surface area contributed by atoms with Crippen molar-refractivity contribution in [1.82, 2.24) is 9.66 Å². The molecule has 7 nitrogen and oxygen atoms in total. The SMILES string of the molecule is Cl.O=c1[nH]c(=O)n([N+](=O)[O-])c2ccccc12. The lowest BCUT2D eigenvalue weighted by Gasteiger charge is -1.98. The highest BCUT2D eigenvalue weighted by molar-refractivity contribution is 5.85. The molecule has 0 saturated carbocycles. The number of nitrogens with one attached hydrogen (secondary N) is 1. The Morgan fingerprint density at radius 1 is 1.25 bits per heavy atom. The number of nitro groups is 1. The number of halogens is 1. The van der Waals surface area contributed by atoms with Crippen LogP contribution in [0.3, 0.4) is 0 Å². The van der Waals surface area contributed by atoms with Gasteiger partial charge in [-0.25, -0.2) is 14.9 Å². The van der Waals surface area contributed by atoms with Crippen molar-refractivity contribution >= 4 is 23.3 Å². The third-order valence-electron chi connectivity index (χ3n) is 1.95. The van der Waals surface area contributed by atoms with E-state index in [0.29, 0.717) is 4.68 Å². The summed E-state index contributed by atoms with van der Waals surface area (Å²) in [6.07, 6.45) is 0. The lowest BCUT2D eigenvalue weighted by molar-refractivity contribution is -0.541. The molecule has 0 amide bonds. The van der Waals surface area contributed by atoms with E-state index in [1.807, 2.05) is 4.98 Å². The molecule has 0 spiro atoms. The Balaban J connectivity index is 0.00000128. The molecule has 0 radical (unpaired) electrons. The van der Waals surface area contributed by atoms with Gasteiger partial charge in [0.25, 0.3) is 5.56 Å². The molecular formula is C8H6ClN3O4. The number of fused-ring (bicyclic) bond motifs is 1. The van der Waals surface area contributed by atoms with E-state index in [9.17, 15) is 19.7 Å². The summed E-state index contributed by atoms with van der Waals surface area (Å²) >= 11 is 0. The maximum absolute atomic E-state index is 11.3. The predicted octanol–water partition coefficient (Wildman–Crippen LogP) is 0.151. The fourth-order valence-corrected chi connectivity index (χ4v) is 1.34. The highest BCUT2D eigenvalue weighted by Crippen LogP contribution is 2.05. The minimum absolute atomic E-state index is 0. The van der Waals surface area contributed by atoms with Gasteiger partial charge in [0.15, 0.2) is 5.03 Å². The van der Waals surface area contributed by atoms with Crippen LogP contribution >= 0.6 is 12.4 Å². The van der Waals surface area contributed by atoms with Crippen molar-refractivity contribution in [2.75, 3.05) is 0 Å². The number of aromatic nitrogens is 2. The zero-order valence-electron chi connectivity index (χ0n) is 7.75. The summed E-state index contributed by atoms with van der Waals surface area (Å²) < 4.78 is 0.302. The molecule has 1 aromatic heterocycles. The van der Waals surface area contributed by atoms with E-state index in [1.165, 1.54) is 18.2 Å². The van der Waals surface area contributed by atoms with Gasteiger partial charge in [-0.05, 0) is 16.8 Å². The quantitative estimate of drug-likeness (QED) is 0.569. The third kappa shape index (κ3) is 1.68. The monoisotopic (exact) mass is 243 g/mol. The van der Waals surface area contributed by atoms with E-state index in [2.05, 4.69) is 0 Å². The number of benzene rings is 1. The van der Waals surface area contributed by atoms with Gasteiger partial charge in [0.1, 0.15) is 5.52 Å². The van der Waals surface area contributed by atoms with Crippen molar-refractivity contribution in [3.8, 4) is 0 Å². The van der Waals surface area contributed by atoms with Crippen molar-refractivity contribution in [1.29, 1.82) is 0 Å². The first-order valence-corrected chi connectivity index (χ1v) is 4.00. The Morgan fingerprint density at radius 2 is 1.88 bits per heavy atom. The lowest BCUT2D eigenvalue weighted by atomic mass is 10.2. The fourth-order valence-electron chi connectivity index (χ4n) is 1.34. The molecular weight excluding hydrogens is 238 g/mol. The summed E-state index contributed by atoms with van der Waals surface area (Å²) in [6.45, 7) is 0. The van der Waals surface area contributed by atoms with Crippen LogP contribution in [-0.2, 0) is 0 Å². The van der Waals surface area contributed by atoms with E-state index in [0.717, 1.165) is 0 Å².